The van der Waals surface area contributed by atoms with Gasteiger partial charge in [0.15, 0.2) is 0 Å². The number of likely N-dealkylation sites (tertiary alicyclic amines) is 1. The number of nitrogens with one attached hydrogen (secondary N) is 1. The summed E-state index contributed by atoms with van der Waals surface area (Å²) in [5, 5.41) is 4.53. The van der Waals surface area contributed by atoms with Crippen LogP contribution in [0.3, 0.4) is 0 Å². The van der Waals surface area contributed by atoms with E-state index in [1.807, 2.05) is 17.5 Å². The molecule has 0 bridgehead atoms. The molecule has 0 saturated carbocycles. The van der Waals surface area contributed by atoms with Crippen molar-refractivity contribution in [3.63, 3.8) is 0 Å². The second-order valence-corrected chi connectivity index (χ2v) is 5.50. The molecule has 0 aliphatic carbocycles. The van der Waals surface area contributed by atoms with Crippen molar-refractivity contribution >= 4 is 11.3 Å². The van der Waals surface area contributed by atoms with Gasteiger partial charge >= 0.3 is 0 Å². The summed E-state index contributed by atoms with van der Waals surface area (Å²) in [7, 11) is 2.06. The molecule has 1 aliphatic rings. The van der Waals surface area contributed by atoms with Gasteiger partial charge in [-0.05, 0) is 39.9 Å². The highest BCUT2D eigenvalue weighted by molar-refractivity contribution is 7.11. The fourth-order valence-electron chi connectivity index (χ4n) is 2.08. The fraction of sp³-hybridized carbons (Fsp3) is 0.727. The van der Waals surface area contributed by atoms with E-state index in [1.54, 1.807) is 0 Å². The van der Waals surface area contributed by atoms with Crippen LogP contribution in [-0.2, 0) is 6.54 Å². The van der Waals surface area contributed by atoms with Gasteiger partial charge in [0.25, 0.3) is 0 Å². The van der Waals surface area contributed by atoms with E-state index in [0.29, 0.717) is 0 Å². The lowest BCUT2D eigenvalue weighted by Crippen LogP contribution is -2.40. The molecule has 1 aromatic rings. The molecule has 2 rings (SSSR count). The molecular weight excluding hydrogens is 206 g/mol. The van der Waals surface area contributed by atoms with Crippen molar-refractivity contribution in [2.75, 3.05) is 20.1 Å². The van der Waals surface area contributed by atoms with Crippen molar-refractivity contribution in [2.45, 2.75) is 32.4 Å². The second kappa shape index (κ2) is 5.05. The van der Waals surface area contributed by atoms with E-state index in [2.05, 4.69) is 29.2 Å². The molecule has 0 atom stereocenters. The quantitative estimate of drug-likeness (QED) is 0.847. The second-order valence-electron chi connectivity index (χ2n) is 4.18. The standard InChI is InChI=1S/C11H19N3S/c1-9-13-7-11(15-9)8-14-5-3-10(12-2)4-6-14/h7,10,12H,3-6,8H2,1-2H3. The topological polar surface area (TPSA) is 28.2 Å². The van der Waals surface area contributed by atoms with E-state index in [0.717, 1.165) is 12.6 Å². The highest BCUT2D eigenvalue weighted by Crippen LogP contribution is 2.17. The number of thiazole rings is 1. The van der Waals surface area contributed by atoms with Crippen LogP contribution in [0.4, 0.5) is 0 Å². The zero-order valence-corrected chi connectivity index (χ0v) is 10.3. The van der Waals surface area contributed by atoms with Gasteiger partial charge in [-0.2, -0.15) is 0 Å². The lowest BCUT2D eigenvalue weighted by atomic mass is 10.1. The normalized spacial score (nSPS) is 19.6. The summed E-state index contributed by atoms with van der Waals surface area (Å²) in [5.41, 5.74) is 0. The maximum absolute atomic E-state index is 4.29. The van der Waals surface area contributed by atoms with E-state index in [-0.39, 0.29) is 0 Å². The molecule has 3 nitrogen and oxygen atoms in total. The summed E-state index contributed by atoms with van der Waals surface area (Å²) < 4.78 is 0. The minimum absolute atomic E-state index is 0.726. The van der Waals surface area contributed by atoms with Crippen LogP contribution in [0.5, 0.6) is 0 Å². The SMILES string of the molecule is CNC1CCN(Cc2cnc(C)s2)CC1. The van der Waals surface area contributed by atoms with Crippen LogP contribution in [-0.4, -0.2) is 36.1 Å². The van der Waals surface area contributed by atoms with Crippen LogP contribution < -0.4 is 5.32 Å². The number of nitrogens with zero attached hydrogens (tertiary/aromatic N) is 2. The van der Waals surface area contributed by atoms with Gasteiger partial charge < -0.3 is 5.32 Å². The molecule has 15 heavy (non-hydrogen) atoms. The van der Waals surface area contributed by atoms with E-state index in [4.69, 9.17) is 0 Å². The molecule has 1 fully saturated rings. The number of hydrogen-bond acceptors (Lipinski definition) is 4. The Morgan fingerprint density at radius 3 is 2.80 bits per heavy atom. The molecule has 0 aromatic carbocycles. The van der Waals surface area contributed by atoms with Crippen molar-refractivity contribution < 1.29 is 0 Å². The van der Waals surface area contributed by atoms with Crippen molar-refractivity contribution in [3.8, 4) is 0 Å². The highest BCUT2D eigenvalue weighted by atomic mass is 32.1. The molecule has 0 unspecified atom stereocenters. The van der Waals surface area contributed by atoms with Crippen molar-refractivity contribution in [1.82, 2.24) is 15.2 Å². The Bertz CT molecular complexity index is 303. The lowest BCUT2D eigenvalue weighted by Gasteiger charge is -2.31. The molecule has 0 spiro atoms. The Balaban J connectivity index is 1.82. The minimum atomic E-state index is 0.726. The van der Waals surface area contributed by atoms with Crippen LogP contribution in [0.1, 0.15) is 22.7 Å². The van der Waals surface area contributed by atoms with Crippen LogP contribution in [0.15, 0.2) is 6.20 Å². The molecule has 0 amide bonds. The van der Waals surface area contributed by atoms with Gasteiger partial charge in [0.05, 0.1) is 5.01 Å². The first-order valence-corrected chi connectivity index (χ1v) is 6.40. The molecule has 0 radical (unpaired) electrons. The molecule has 1 N–H and O–H groups in total. The number of aromatic nitrogens is 1. The summed E-state index contributed by atoms with van der Waals surface area (Å²) in [6, 6.07) is 0.726. The Kier molecular flexibility index (Phi) is 3.72. The Morgan fingerprint density at radius 1 is 1.53 bits per heavy atom. The van der Waals surface area contributed by atoms with Crippen molar-refractivity contribution in [1.29, 1.82) is 0 Å². The highest BCUT2D eigenvalue weighted by Gasteiger charge is 2.17. The fourth-order valence-corrected chi connectivity index (χ4v) is 2.92. The van der Waals surface area contributed by atoms with Crippen LogP contribution >= 0.6 is 11.3 Å². The number of hydrogen-bond donors (Lipinski definition) is 1. The van der Waals surface area contributed by atoms with Gasteiger partial charge in [-0.25, -0.2) is 4.98 Å². The Morgan fingerprint density at radius 2 is 2.27 bits per heavy atom. The average Bonchev–Trinajstić information content (AvgIpc) is 2.65. The van der Waals surface area contributed by atoms with Crippen molar-refractivity contribution in [3.05, 3.63) is 16.1 Å². The zero-order valence-electron chi connectivity index (χ0n) is 9.49. The van der Waals surface area contributed by atoms with E-state index >= 15 is 0 Å². The third-order valence-electron chi connectivity index (χ3n) is 3.04. The van der Waals surface area contributed by atoms with Gasteiger partial charge in [-0.3, -0.25) is 4.90 Å². The molecule has 1 aromatic heterocycles. The lowest BCUT2D eigenvalue weighted by molar-refractivity contribution is 0.196. The van der Waals surface area contributed by atoms with Crippen LogP contribution in [0, 0.1) is 6.92 Å². The number of piperidine rings is 1. The Hall–Kier alpha value is -0.450. The molecule has 4 heteroatoms. The van der Waals surface area contributed by atoms with Gasteiger partial charge in [-0.15, -0.1) is 11.3 Å². The summed E-state index contributed by atoms with van der Waals surface area (Å²) in [4.78, 5) is 8.22. The molecule has 1 saturated heterocycles. The first-order valence-electron chi connectivity index (χ1n) is 5.59. The van der Waals surface area contributed by atoms with Gasteiger partial charge in [-0.1, -0.05) is 0 Å². The molecule has 2 heterocycles. The summed E-state index contributed by atoms with van der Waals surface area (Å²) in [6.07, 6.45) is 4.56. The minimum Gasteiger partial charge on any atom is -0.317 e. The van der Waals surface area contributed by atoms with Gasteiger partial charge in [0.1, 0.15) is 0 Å². The monoisotopic (exact) mass is 225 g/mol. The smallest absolute Gasteiger partial charge is 0.0897 e. The predicted molar refractivity (Wildman–Crippen MR) is 64.2 cm³/mol. The third-order valence-corrected chi connectivity index (χ3v) is 3.94. The number of aryl methyl sites for hydroxylation is 1. The zero-order chi connectivity index (χ0) is 10.7. The first-order chi connectivity index (χ1) is 7.28. The van der Waals surface area contributed by atoms with Crippen LogP contribution in [0.2, 0.25) is 0 Å². The summed E-state index contributed by atoms with van der Waals surface area (Å²) in [5.74, 6) is 0. The Labute approximate surface area is 95.5 Å². The van der Waals surface area contributed by atoms with Crippen molar-refractivity contribution in [2.24, 2.45) is 0 Å². The largest absolute Gasteiger partial charge is 0.317 e. The van der Waals surface area contributed by atoms with E-state index in [1.165, 1.54) is 35.8 Å². The molecule has 84 valence electrons. The first kappa shape index (κ1) is 11.0. The van der Waals surface area contributed by atoms with E-state index < -0.39 is 0 Å². The number of rotatable bonds is 3. The predicted octanol–water partition coefficient (Wildman–Crippen LogP) is 1.64. The van der Waals surface area contributed by atoms with Gasteiger partial charge in [0, 0.05) is 23.7 Å². The summed E-state index contributed by atoms with van der Waals surface area (Å²) in [6.45, 7) is 5.58. The maximum Gasteiger partial charge on any atom is 0.0897 e. The third kappa shape index (κ3) is 3.00. The average molecular weight is 225 g/mol. The van der Waals surface area contributed by atoms with E-state index in [9.17, 15) is 0 Å². The van der Waals surface area contributed by atoms with Gasteiger partial charge in [0.2, 0.25) is 0 Å². The van der Waals surface area contributed by atoms with Crippen LogP contribution in [0.25, 0.3) is 0 Å². The molecular formula is C11H19N3S. The maximum atomic E-state index is 4.29. The summed E-state index contributed by atoms with van der Waals surface area (Å²) >= 11 is 1.82. The molecule has 1 aliphatic heterocycles.